The molecule has 3 rings (SSSR count). The molecule has 0 bridgehead atoms. The summed E-state index contributed by atoms with van der Waals surface area (Å²) in [6.07, 6.45) is 1.95. The van der Waals surface area contributed by atoms with Gasteiger partial charge in [0.1, 0.15) is 6.04 Å². The summed E-state index contributed by atoms with van der Waals surface area (Å²) in [6.45, 7) is 8.82. The van der Waals surface area contributed by atoms with Gasteiger partial charge in [0.15, 0.2) is 0 Å². The summed E-state index contributed by atoms with van der Waals surface area (Å²) in [5.74, 6) is -0.145. The molecule has 42 heavy (non-hydrogen) atoms. The number of amides is 2. The van der Waals surface area contributed by atoms with Gasteiger partial charge in [-0.1, -0.05) is 84.4 Å². The quantitative estimate of drug-likeness (QED) is 0.230. The van der Waals surface area contributed by atoms with Gasteiger partial charge >= 0.3 is 0 Å². The minimum Gasteiger partial charge on any atom is -0.354 e. The van der Waals surface area contributed by atoms with Gasteiger partial charge in [-0.05, 0) is 66.6 Å². The Morgan fingerprint density at radius 3 is 2.19 bits per heavy atom. The van der Waals surface area contributed by atoms with E-state index in [2.05, 4.69) is 21.2 Å². The molecule has 3 aromatic rings. The third kappa shape index (κ3) is 9.70. The van der Waals surface area contributed by atoms with Crippen LogP contribution >= 0.6 is 15.9 Å². The second-order valence-electron chi connectivity index (χ2n) is 11.2. The van der Waals surface area contributed by atoms with Gasteiger partial charge in [0.25, 0.3) is 0 Å². The zero-order valence-corrected chi connectivity index (χ0v) is 27.5. The van der Waals surface area contributed by atoms with Gasteiger partial charge in [0, 0.05) is 36.9 Å². The first-order valence-corrected chi connectivity index (χ1v) is 16.9. The average molecular weight is 657 g/mol. The summed E-state index contributed by atoms with van der Waals surface area (Å²) < 4.78 is 27.8. The van der Waals surface area contributed by atoms with E-state index in [0.29, 0.717) is 25.1 Å². The minimum atomic E-state index is -3.57. The van der Waals surface area contributed by atoms with E-state index in [1.54, 1.807) is 11.0 Å². The Bertz CT molecular complexity index is 1440. The molecule has 0 aromatic heterocycles. The number of nitrogens with one attached hydrogen (secondary N) is 1. The van der Waals surface area contributed by atoms with Gasteiger partial charge in [0.05, 0.1) is 11.9 Å². The number of carbonyl (C=O) groups is 2. The smallest absolute Gasteiger partial charge is 0.243 e. The highest BCUT2D eigenvalue weighted by Gasteiger charge is 2.30. The molecule has 0 fully saturated rings. The van der Waals surface area contributed by atoms with E-state index in [0.717, 1.165) is 26.7 Å². The van der Waals surface area contributed by atoms with Crippen LogP contribution in [0.25, 0.3) is 0 Å². The first-order valence-electron chi connectivity index (χ1n) is 14.3. The van der Waals surface area contributed by atoms with Crippen LogP contribution in [-0.2, 0) is 32.6 Å². The Kier molecular flexibility index (Phi) is 12.2. The van der Waals surface area contributed by atoms with E-state index in [9.17, 15) is 18.0 Å². The first kappa shape index (κ1) is 33.3. The molecule has 0 aliphatic heterocycles. The molecule has 7 nitrogen and oxygen atoms in total. The van der Waals surface area contributed by atoms with Crippen molar-refractivity contribution in [3.05, 3.63) is 99.5 Å². The fourth-order valence-corrected chi connectivity index (χ4v) is 6.03. The first-order chi connectivity index (χ1) is 19.9. The van der Waals surface area contributed by atoms with Crippen LogP contribution in [0.2, 0.25) is 0 Å². The lowest BCUT2D eigenvalue weighted by Gasteiger charge is -2.32. The van der Waals surface area contributed by atoms with Gasteiger partial charge in [-0.3, -0.25) is 13.9 Å². The molecular formula is C33H42BrN3O4S. The van der Waals surface area contributed by atoms with E-state index >= 15 is 0 Å². The highest BCUT2D eigenvalue weighted by atomic mass is 79.9. The third-order valence-corrected chi connectivity index (χ3v) is 8.93. The molecule has 1 N–H and O–H groups in total. The monoisotopic (exact) mass is 655 g/mol. The molecule has 0 heterocycles. The number of nitrogens with zero attached hydrogens (tertiary/aromatic N) is 2. The number of halogens is 1. The lowest BCUT2D eigenvalue weighted by Crippen LogP contribution is -2.51. The van der Waals surface area contributed by atoms with Gasteiger partial charge < -0.3 is 10.2 Å². The Labute approximate surface area is 259 Å². The molecule has 2 amide bonds. The second kappa shape index (κ2) is 15.3. The van der Waals surface area contributed by atoms with Crippen molar-refractivity contribution in [3.63, 3.8) is 0 Å². The maximum atomic E-state index is 13.9. The van der Waals surface area contributed by atoms with Crippen LogP contribution in [0.15, 0.2) is 77.3 Å². The predicted molar refractivity (Wildman–Crippen MR) is 174 cm³/mol. The fraction of sp³-hybridized carbons (Fsp3) is 0.394. The van der Waals surface area contributed by atoms with Crippen LogP contribution in [0.3, 0.4) is 0 Å². The lowest BCUT2D eigenvalue weighted by atomic mass is 10.0. The van der Waals surface area contributed by atoms with Crippen LogP contribution in [0, 0.1) is 19.8 Å². The molecule has 0 saturated carbocycles. The fourth-order valence-electron chi connectivity index (χ4n) is 4.75. The molecule has 0 aliphatic carbocycles. The number of hydrogen-bond donors (Lipinski definition) is 1. The van der Waals surface area contributed by atoms with Crippen LogP contribution in [0.1, 0.15) is 48.9 Å². The summed E-state index contributed by atoms with van der Waals surface area (Å²) in [4.78, 5) is 29.2. The molecule has 1 unspecified atom stereocenters. The molecular weight excluding hydrogens is 614 g/mol. The zero-order chi connectivity index (χ0) is 30.9. The summed E-state index contributed by atoms with van der Waals surface area (Å²) in [5.41, 5.74) is 4.35. The average Bonchev–Trinajstić information content (AvgIpc) is 2.94. The van der Waals surface area contributed by atoms with E-state index in [1.807, 2.05) is 94.4 Å². The molecule has 226 valence electrons. The summed E-state index contributed by atoms with van der Waals surface area (Å²) in [6, 6.07) is 22.2. The molecule has 0 saturated heterocycles. The number of carbonyl (C=O) groups excluding carboxylic acids is 2. The maximum absolute atomic E-state index is 13.9. The standard InChI is InChI=1S/C33H42BrN3O4S/c1-24(2)22-35-33(39)31(21-27-12-7-6-8-13-27)36(23-28-16-18-29(34)19-17-28)32(38)15-10-20-37(42(5,40)41)30-14-9-11-25(3)26(30)4/h6-9,11-14,16-19,24,31H,10,15,20-23H2,1-5H3,(H,35,39). The second-order valence-corrected chi connectivity index (χ2v) is 14.0. The van der Waals surface area contributed by atoms with E-state index in [4.69, 9.17) is 0 Å². The van der Waals surface area contributed by atoms with E-state index in [1.165, 1.54) is 10.6 Å². The molecule has 0 radical (unpaired) electrons. The van der Waals surface area contributed by atoms with Crippen molar-refractivity contribution in [2.24, 2.45) is 5.92 Å². The normalized spacial score (nSPS) is 12.2. The number of rotatable bonds is 14. The van der Waals surface area contributed by atoms with Crippen LogP contribution in [0.5, 0.6) is 0 Å². The maximum Gasteiger partial charge on any atom is 0.243 e. The Morgan fingerprint density at radius 2 is 1.57 bits per heavy atom. The lowest BCUT2D eigenvalue weighted by molar-refractivity contribution is -0.141. The van der Waals surface area contributed by atoms with Crippen molar-refractivity contribution in [2.75, 3.05) is 23.7 Å². The molecule has 1 atom stereocenters. The summed E-state index contributed by atoms with van der Waals surface area (Å²) in [5, 5.41) is 3.03. The Morgan fingerprint density at radius 1 is 0.905 bits per heavy atom. The van der Waals surface area contributed by atoms with Gasteiger partial charge in [-0.2, -0.15) is 0 Å². The van der Waals surface area contributed by atoms with Crippen LogP contribution in [-0.4, -0.2) is 50.5 Å². The van der Waals surface area contributed by atoms with Crippen molar-refractivity contribution in [3.8, 4) is 0 Å². The van der Waals surface area contributed by atoms with Crippen molar-refractivity contribution in [2.45, 2.75) is 59.5 Å². The van der Waals surface area contributed by atoms with Crippen molar-refractivity contribution in [1.29, 1.82) is 0 Å². The molecule has 0 aliphatic rings. The predicted octanol–water partition coefficient (Wildman–Crippen LogP) is 6.02. The molecule has 3 aromatic carbocycles. The zero-order valence-electron chi connectivity index (χ0n) is 25.1. The minimum absolute atomic E-state index is 0.0934. The Balaban J connectivity index is 1.89. The van der Waals surface area contributed by atoms with E-state index < -0.39 is 16.1 Å². The number of sulfonamides is 1. The highest BCUT2D eigenvalue weighted by Crippen LogP contribution is 2.26. The van der Waals surface area contributed by atoms with E-state index in [-0.39, 0.29) is 37.2 Å². The van der Waals surface area contributed by atoms with Crippen molar-refractivity contribution in [1.82, 2.24) is 10.2 Å². The molecule has 0 spiro atoms. The van der Waals surface area contributed by atoms with Crippen molar-refractivity contribution < 1.29 is 18.0 Å². The topological polar surface area (TPSA) is 86.8 Å². The number of benzene rings is 3. The summed E-state index contributed by atoms with van der Waals surface area (Å²) >= 11 is 3.47. The van der Waals surface area contributed by atoms with Crippen molar-refractivity contribution >= 4 is 43.5 Å². The van der Waals surface area contributed by atoms with Gasteiger partial charge in [-0.25, -0.2) is 8.42 Å². The van der Waals surface area contributed by atoms with Gasteiger partial charge in [0.2, 0.25) is 21.8 Å². The summed E-state index contributed by atoms with van der Waals surface area (Å²) in [7, 11) is -3.57. The molecule has 9 heteroatoms. The Hall–Kier alpha value is -3.17. The highest BCUT2D eigenvalue weighted by molar-refractivity contribution is 9.10. The van der Waals surface area contributed by atoms with Crippen LogP contribution in [0.4, 0.5) is 5.69 Å². The van der Waals surface area contributed by atoms with Crippen LogP contribution < -0.4 is 9.62 Å². The SMILES string of the molecule is Cc1cccc(N(CCCC(=O)N(Cc2ccc(Br)cc2)C(Cc2ccccc2)C(=O)NCC(C)C)S(C)(=O)=O)c1C. The largest absolute Gasteiger partial charge is 0.354 e. The number of anilines is 1. The van der Waals surface area contributed by atoms with Gasteiger partial charge in [-0.15, -0.1) is 0 Å². The number of aryl methyl sites for hydroxylation is 1. The number of hydrogen-bond acceptors (Lipinski definition) is 4. The third-order valence-electron chi connectivity index (χ3n) is 7.22.